The van der Waals surface area contributed by atoms with Crippen LogP contribution in [0.2, 0.25) is 0 Å². The lowest BCUT2D eigenvalue weighted by molar-refractivity contribution is 0.102. The molecule has 0 fully saturated rings. The van der Waals surface area contributed by atoms with Crippen molar-refractivity contribution in [2.24, 2.45) is 0 Å². The lowest BCUT2D eigenvalue weighted by Crippen LogP contribution is -2.19. The summed E-state index contributed by atoms with van der Waals surface area (Å²) in [6.07, 6.45) is 0. The molecule has 0 radical (unpaired) electrons. The van der Waals surface area contributed by atoms with E-state index in [9.17, 15) is 13.2 Å². The molecule has 0 aromatic heterocycles. The second kappa shape index (κ2) is 7.33. The van der Waals surface area contributed by atoms with E-state index in [0.29, 0.717) is 22.7 Å². The molecule has 2 aromatic rings. The predicted octanol–water partition coefficient (Wildman–Crippen LogP) is 1.86. The van der Waals surface area contributed by atoms with E-state index in [-0.39, 0.29) is 4.90 Å². The maximum Gasteiger partial charge on any atom is 0.255 e. The van der Waals surface area contributed by atoms with E-state index < -0.39 is 15.9 Å². The summed E-state index contributed by atoms with van der Waals surface area (Å²) in [7, 11) is 0.716. The highest BCUT2D eigenvalue weighted by Crippen LogP contribution is 2.23. The average Bonchev–Trinajstić information content (AvgIpc) is 2.61. The van der Waals surface area contributed by atoms with E-state index in [2.05, 4.69) is 10.0 Å². The summed E-state index contributed by atoms with van der Waals surface area (Å²) in [5, 5.41) is 2.66. The lowest BCUT2D eigenvalue weighted by Gasteiger charge is -2.10. The van der Waals surface area contributed by atoms with Gasteiger partial charge in [-0.3, -0.25) is 4.79 Å². The minimum absolute atomic E-state index is 0.0611. The highest BCUT2D eigenvalue weighted by molar-refractivity contribution is 7.89. The molecule has 0 bridgehead atoms. The third-order valence-corrected chi connectivity index (χ3v) is 4.70. The number of hydrogen-bond donors (Lipinski definition) is 2. The van der Waals surface area contributed by atoms with Crippen LogP contribution in [0.3, 0.4) is 0 Å². The number of amides is 1. The standard InChI is InChI=1S/C16H18N2O5S/c1-17-24(20,21)15-6-4-5-12(9-15)18-16(19)11-7-13(22-2)10-14(8-11)23-3/h4-10,17H,1-3H3,(H,18,19). The first-order valence-electron chi connectivity index (χ1n) is 6.97. The average molecular weight is 350 g/mol. The van der Waals surface area contributed by atoms with E-state index in [0.717, 1.165) is 0 Å². The van der Waals surface area contributed by atoms with Crippen LogP contribution in [0.15, 0.2) is 47.4 Å². The van der Waals surface area contributed by atoms with Crippen LogP contribution < -0.4 is 19.5 Å². The van der Waals surface area contributed by atoms with Gasteiger partial charge in [-0.15, -0.1) is 0 Å². The van der Waals surface area contributed by atoms with Gasteiger partial charge in [0.1, 0.15) is 11.5 Å². The fourth-order valence-corrected chi connectivity index (χ4v) is 2.78. The number of nitrogens with one attached hydrogen (secondary N) is 2. The predicted molar refractivity (Wildman–Crippen MR) is 90.2 cm³/mol. The molecule has 0 atom stereocenters. The lowest BCUT2D eigenvalue weighted by atomic mass is 10.2. The summed E-state index contributed by atoms with van der Waals surface area (Å²) in [4.78, 5) is 12.5. The Morgan fingerprint density at radius 2 is 1.62 bits per heavy atom. The smallest absolute Gasteiger partial charge is 0.255 e. The van der Waals surface area contributed by atoms with Gasteiger partial charge in [0.05, 0.1) is 19.1 Å². The molecule has 24 heavy (non-hydrogen) atoms. The van der Waals surface area contributed by atoms with Gasteiger partial charge in [0.2, 0.25) is 10.0 Å². The van der Waals surface area contributed by atoms with Gasteiger partial charge >= 0.3 is 0 Å². The number of carbonyl (C=O) groups is 1. The zero-order chi connectivity index (χ0) is 17.7. The summed E-state index contributed by atoms with van der Waals surface area (Å²) < 4.78 is 36.1. The first-order valence-corrected chi connectivity index (χ1v) is 8.46. The maximum absolute atomic E-state index is 12.4. The molecule has 128 valence electrons. The zero-order valence-corrected chi connectivity index (χ0v) is 14.3. The van der Waals surface area contributed by atoms with Crippen LogP contribution >= 0.6 is 0 Å². The Balaban J connectivity index is 2.29. The summed E-state index contributed by atoms with van der Waals surface area (Å²) in [5.41, 5.74) is 0.686. The maximum atomic E-state index is 12.4. The van der Waals surface area contributed by atoms with Crippen molar-refractivity contribution in [3.63, 3.8) is 0 Å². The Morgan fingerprint density at radius 3 is 2.17 bits per heavy atom. The van der Waals surface area contributed by atoms with Gasteiger partial charge in [-0.05, 0) is 37.4 Å². The van der Waals surface area contributed by atoms with Gasteiger partial charge in [-0.1, -0.05) is 6.07 Å². The Kier molecular flexibility index (Phi) is 5.42. The molecule has 7 nitrogen and oxygen atoms in total. The highest BCUT2D eigenvalue weighted by Gasteiger charge is 2.14. The molecule has 0 aliphatic carbocycles. The first kappa shape index (κ1) is 17.8. The van der Waals surface area contributed by atoms with Crippen molar-refractivity contribution in [1.82, 2.24) is 4.72 Å². The molecule has 0 aliphatic rings. The fraction of sp³-hybridized carbons (Fsp3) is 0.188. The SMILES string of the molecule is CNS(=O)(=O)c1cccc(NC(=O)c2cc(OC)cc(OC)c2)c1. The number of hydrogen-bond acceptors (Lipinski definition) is 5. The van der Waals surface area contributed by atoms with Crippen molar-refractivity contribution in [2.45, 2.75) is 4.90 Å². The van der Waals surface area contributed by atoms with Crippen molar-refractivity contribution < 1.29 is 22.7 Å². The highest BCUT2D eigenvalue weighted by atomic mass is 32.2. The summed E-state index contributed by atoms with van der Waals surface area (Å²) >= 11 is 0. The van der Waals surface area contributed by atoms with E-state index in [1.54, 1.807) is 30.3 Å². The van der Waals surface area contributed by atoms with Crippen molar-refractivity contribution in [1.29, 1.82) is 0 Å². The topological polar surface area (TPSA) is 93.7 Å². The van der Waals surface area contributed by atoms with Crippen LogP contribution in [0.5, 0.6) is 11.5 Å². The van der Waals surface area contributed by atoms with Gasteiger partial charge in [-0.2, -0.15) is 0 Å². The summed E-state index contributed by atoms with van der Waals surface area (Å²) in [6.45, 7) is 0. The summed E-state index contributed by atoms with van der Waals surface area (Å²) in [6, 6.07) is 10.7. The van der Waals surface area contributed by atoms with Crippen LogP contribution in [0.25, 0.3) is 0 Å². The molecule has 0 spiro atoms. The van der Waals surface area contributed by atoms with Crippen molar-refractivity contribution in [2.75, 3.05) is 26.6 Å². The molecule has 0 heterocycles. The second-order valence-electron chi connectivity index (χ2n) is 4.79. The van der Waals surface area contributed by atoms with Crippen molar-refractivity contribution in [3.8, 4) is 11.5 Å². The van der Waals surface area contributed by atoms with E-state index in [4.69, 9.17) is 9.47 Å². The summed E-state index contributed by atoms with van der Waals surface area (Å²) in [5.74, 6) is 0.545. The van der Waals surface area contributed by atoms with Crippen LogP contribution in [0.4, 0.5) is 5.69 Å². The first-order chi connectivity index (χ1) is 11.4. The molecule has 1 amide bonds. The van der Waals surface area contributed by atoms with Gasteiger partial charge in [-0.25, -0.2) is 13.1 Å². The number of benzene rings is 2. The number of rotatable bonds is 6. The zero-order valence-electron chi connectivity index (χ0n) is 13.5. The van der Waals surface area contributed by atoms with E-state index in [1.807, 2.05) is 0 Å². The minimum Gasteiger partial charge on any atom is -0.497 e. The third-order valence-electron chi connectivity index (χ3n) is 3.28. The second-order valence-corrected chi connectivity index (χ2v) is 6.68. The molecule has 0 unspecified atom stereocenters. The molecule has 0 aliphatic heterocycles. The number of sulfonamides is 1. The molecule has 2 rings (SSSR count). The molecule has 0 saturated carbocycles. The molecular weight excluding hydrogens is 332 g/mol. The Bertz CT molecular complexity index is 827. The molecule has 8 heteroatoms. The quantitative estimate of drug-likeness (QED) is 0.829. The van der Waals surface area contributed by atoms with Gasteiger partial charge in [0, 0.05) is 17.3 Å². The van der Waals surface area contributed by atoms with Crippen LogP contribution in [0, 0.1) is 0 Å². The van der Waals surface area contributed by atoms with Crippen molar-refractivity contribution in [3.05, 3.63) is 48.0 Å². The number of anilines is 1. The third kappa shape index (κ3) is 4.03. The van der Waals surface area contributed by atoms with E-state index in [1.165, 1.54) is 33.4 Å². The van der Waals surface area contributed by atoms with Gasteiger partial charge in [0.15, 0.2) is 0 Å². The molecular formula is C16H18N2O5S. The van der Waals surface area contributed by atoms with Crippen LogP contribution in [0.1, 0.15) is 10.4 Å². The van der Waals surface area contributed by atoms with Gasteiger partial charge in [0.25, 0.3) is 5.91 Å². The largest absolute Gasteiger partial charge is 0.497 e. The van der Waals surface area contributed by atoms with E-state index >= 15 is 0 Å². The Morgan fingerprint density at radius 1 is 1.00 bits per heavy atom. The normalized spacial score (nSPS) is 11.0. The minimum atomic E-state index is -3.58. The molecule has 2 aromatic carbocycles. The van der Waals surface area contributed by atoms with Gasteiger partial charge < -0.3 is 14.8 Å². The number of carbonyl (C=O) groups excluding carboxylic acids is 1. The number of ether oxygens (including phenoxy) is 2. The fourth-order valence-electron chi connectivity index (χ4n) is 2.00. The van der Waals surface area contributed by atoms with Crippen molar-refractivity contribution >= 4 is 21.6 Å². The Hall–Kier alpha value is -2.58. The Labute approximate surface area is 140 Å². The number of methoxy groups -OCH3 is 2. The molecule has 2 N–H and O–H groups in total. The monoisotopic (exact) mass is 350 g/mol. The molecule has 0 saturated heterocycles. The van der Waals surface area contributed by atoms with Crippen LogP contribution in [-0.4, -0.2) is 35.6 Å². The van der Waals surface area contributed by atoms with Crippen LogP contribution in [-0.2, 0) is 10.0 Å².